The van der Waals surface area contributed by atoms with Crippen LogP contribution in [0, 0.1) is 13.8 Å². The molecule has 0 aliphatic carbocycles. The van der Waals surface area contributed by atoms with Gasteiger partial charge in [-0.1, -0.05) is 12.1 Å². The molecule has 1 heterocycles. The average Bonchev–Trinajstić information content (AvgIpc) is 2.94. The monoisotopic (exact) mass is 509 g/mol. The summed E-state index contributed by atoms with van der Waals surface area (Å²) < 4.78 is 41.1. The minimum Gasteiger partial charge on any atom is -0.490 e. The average molecular weight is 509 g/mol. The standard InChI is InChI=1S/C19H25F2N3O3.HI/c1-5-25-16-8-6-7-14(17(16)27-18(20)21)10-23-19(22-4)24-11-15-9-12(2)26-13(15)3;/h6-9,18H,5,10-11H2,1-4H3,(H2,22,23,24);1H. The van der Waals surface area contributed by atoms with Crippen molar-refractivity contribution in [2.75, 3.05) is 13.7 Å². The largest absolute Gasteiger partial charge is 0.490 e. The van der Waals surface area contributed by atoms with Crippen LogP contribution in [0.25, 0.3) is 0 Å². The quantitative estimate of drug-likeness (QED) is 0.314. The van der Waals surface area contributed by atoms with Crippen LogP contribution in [-0.2, 0) is 13.1 Å². The molecule has 2 rings (SSSR count). The number of guanidine groups is 1. The van der Waals surface area contributed by atoms with Crippen LogP contribution in [0.3, 0.4) is 0 Å². The molecule has 0 aliphatic heterocycles. The van der Waals surface area contributed by atoms with Gasteiger partial charge in [-0.2, -0.15) is 8.78 Å². The van der Waals surface area contributed by atoms with Crippen LogP contribution in [0.1, 0.15) is 29.6 Å². The maximum atomic E-state index is 12.8. The number of ether oxygens (including phenoxy) is 2. The molecule has 2 aromatic rings. The molecule has 0 atom stereocenters. The highest BCUT2D eigenvalue weighted by atomic mass is 127. The Morgan fingerprint density at radius 3 is 2.39 bits per heavy atom. The minimum absolute atomic E-state index is 0. The summed E-state index contributed by atoms with van der Waals surface area (Å²) in [5.41, 5.74) is 1.56. The summed E-state index contributed by atoms with van der Waals surface area (Å²) in [6, 6.07) is 6.98. The molecule has 0 aliphatic rings. The fourth-order valence-corrected chi connectivity index (χ4v) is 2.63. The number of benzene rings is 1. The number of para-hydroxylation sites is 1. The number of nitrogens with zero attached hydrogens (tertiary/aromatic N) is 1. The summed E-state index contributed by atoms with van der Waals surface area (Å²) >= 11 is 0. The van der Waals surface area contributed by atoms with Crippen molar-refractivity contribution in [1.29, 1.82) is 0 Å². The molecule has 0 fully saturated rings. The van der Waals surface area contributed by atoms with Crippen molar-refractivity contribution in [2.45, 2.75) is 40.5 Å². The van der Waals surface area contributed by atoms with E-state index in [0.29, 0.717) is 24.7 Å². The first-order valence-electron chi connectivity index (χ1n) is 8.64. The molecular weight excluding hydrogens is 483 g/mol. The van der Waals surface area contributed by atoms with E-state index in [1.807, 2.05) is 19.9 Å². The lowest BCUT2D eigenvalue weighted by atomic mass is 10.2. The molecule has 0 amide bonds. The normalized spacial score (nSPS) is 11.2. The number of hydrogen-bond acceptors (Lipinski definition) is 4. The minimum atomic E-state index is -2.94. The second-order valence-corrected chi connectivity index (χ2v) is 5.77. The Morgan fingerprint density at radius 2 is 1.86 bits per heavy atom. The number of nitrogens with one attached hydrogen (secondary N) is 2. The van der Waals surface area contributed by atoms with E-state index in [9.17, 15) is 8.78 Å². The Kier molecular flexibility index (Phi) is 10.0. The first kappa shape index (κ1) is 24.0. The molecule has 0 spiro atoms. The Hall–Kier alpha value is -2.04. The van der Waals surface area contributed by atoms with Crippen molar-refractivity contribution in [3.05, 3.63) is 46.9 Å². The van der Waals surface area contributed by atoms with Gasteiger partial charge >= 0.3 is 6.61 Å². The molecule has 156 valence electrons. The molecule has 1 aromatic heterocycles. The van der Waals surface area contributed by atoms with Gasteiger partial charge in [-0.15, -0.1) is 24.0 Å². The van der Waals surface area contributed by atoms with Crippen LogP contribution in [0.5, 0.6) is 11.5 Å². The number of aliphatic imine (C=N–C) groups is 1. The van der Waals surface area contributed by atoms with Crippen LogP contribution in [0.15, 0.2) is 33.7 Å². The van der Waals surface area contributed by atoms with E-state index < -0.39 is 6.61 Å². The molecule has 1 aromatic carbocycles. The maximum Gasteiger partial charge on any atom is 0.387 e. The van der Waals surface area contributed by atoms with Gasteiger partial charge in [0.1, 0.15) is 11.5 Å². The van der Waals surface area contributed by atoms with Crippen molar-refractivity contribution < 1.29 is 22.7 Å². The molecule has 2 N–H and O–H groups in total. The lowest BCUT2D eigenvalue weighted by Gasteiger charge is -2.17. The third-order valence-electron chi connectivity index (χ3n) is 3.83. The summed E-state index contributed by atoms with van der Waals surface area (Å²) in [6.07, 6.45) is 0. The van der Waals surface area contributed by atoms with Gasteiger partial charge < -0.3 is 24.5 Å². The number of alkyl halides is 2. The third-order valence-corrected chi connectivity index (χ3v) is 3.83. The van der Waals surface area contributed by atoms with Crippen LogP contribution in [-0.4, -0.2) is 26.2 Å². The summed E-state index contributed by atoms with van der Waals surface area (Å²) in [5, 5.41) is 6.26. The maximum absolute atomic E-state index is 12.8. The molecule has 0 saturated heterocycles. The van der Waals surface area contributed by atoms with Gasteiger partial charge in [-0.25, -0.2) is 0 Å². The second-order valence-electron chi connectivity index (χ2n) is 5.77. The smallest absolute Gasteiger partial charge is 0.387 e. The van der Waals surface area contributed by atoms with Crippen molar-refractivity contribution >= 4 is 29.9 Å². The van der Waals surface area contributed by atoms with Crippen LogP contribution in [0.2, 0.25) is 0 Å². The molecule has 0 saturated carbocycles. The van der Waals surface area contributed by atoms with Crippen LogP contribution >= 0.6 is 24.0 Å². The summed E-state index contributed by atoms with van der Waals surface area (Å²) in [4.78, 5) is 4.15. The van der Waals surface area contributed by atoms with Gasteiger partial charge in [0, 0.05) is 31.3 Å². The molecule has 6 nitrogen and oxygen atoms in total. The SMILES string of the molecule is CCOc1cccc(CNC(=NC)NCc2cc(C)oc2C)c1OC(F)F.I. The van der Waals surface area contributed by atoms with Crippen molar-refractivity contribution in [3.8, 4) is 11.5 Å². The van der Waals surface area contributed by atoms with E-state index in [1.165, 1.54) is 0 Å². The highest BCUT2D eigenvalue weighted by Gasteiger charge is 2.16. The van der Waals surface area contributed by atoms with Crippen molar-refractivity contribution in [2.24, 2.45) is 4.99 Å². The zero-order chi connectivity index (χ0) is 19.8. The molecule has 9 heteroatoms. The van der Waals surface area contributed by atoms with E-state index >= 15 is 0 Å². The Labute approximate surface area is 180 Å². The van der Waals surface area contributed by atoms with Gasteiger partial charge in [-0.05, 0) is 32.9 Å². The topological polar surface area (TPSA) is 68.0 Å². The Bertz CT molecular complexity index is 782. The summed E-state index contributed by atoms with van der Waals surface area (Å²) in [6.45, 7) is 3.75. The molecule has 0 radical (unpaired) electrons. The zero-order valence-electron chi connectivity index (χ0n) is 16.3. The highest BCUT2D eigenvalue weighted by molar-refractivity contribution is 14.0. The predicted molar refractivity (Wildman–Crippen MR) is 115 cm³/mol. The van der Waals surface area contributed by atoms with E-state index in [-0.39, 0.29) is 42.0 Å². The lowest BCUT2D eigenvalue weighted by Crippen LogP contribution is -2.36. The fourth-order valence-electron chi connectivity index (χ4n) is 2.63. The molecular formula is C19H26F2IN3O3. The number of furan rings is 1. The number of hydrogen-bond donors (Lipinski definition) is 2. The lowest BCUT2D eigenvalue weighted by molar-refractivity contribution is -0.0520. The summed E-state index contributed by atoms with van der Waals surface area (Å²) in [5.74, 6) is 2.52. The molecule has 0 bridgehead atoms. The van der Waals surface area contributed by atoms with Gasteiger partial charge in [-0.3, -0.25) is 4.99 Å². The van der Waals surface area contributed by atoms with Crippen molar-refractivity contribution in [3.63, 3.8) is 0 Å². The van der Waals surface area contributed by atoms with E-state index in [1.54, 1.807) is 32.2 Å². The van der Waals surface area contributed by atoms with Gasteiger partial charge in [0.05, 0.1) is 6.61 Å². The van der Waals surface area contributed by atoms with E-state index in [2.05, 4.69) is 20.4 Å². The van der Waals surface area contributed by atoms with Gasteiger partial charge in [0.2, 0.25) is 0 Å². The number of rotatable bonds is 8. The second kappa shape index (κ2) is 11.7. The summed E-state index contributed by atoms with van der Waals surface area (Å²) in [7, 11) is 1.63. The van der Waals surface area contributed by atoms with Gasteiger partial charge in [0.25, 0.3) is 0 Å². The molecule has 0 unspecified atom stereocenters. The third kappa shape index (κ3) is 6.84. The predicted octanol–water partition coefficient (Wildman–Crippen LogP) is 4.38. The van der Waals surface area contributed by atoms with Gasteiger partial charge in [0.15, 0.2) is 17.5 Å². The highest BCUT2D eigenvalue weighted by Crippen LogP contribution is 2.32. The first-order chi connectivity index (χ1) is 12.9. The van der Waals surface area contributed by atoms with Crippen LogP contribution < -0.4 is 20.1 Å². The van der Waals surface area contributed by atoms with E-state index in [0.717, 1.165) is 17.1 Å². The van der Waals surface area contributed by atoms with E-state index in [4.69, 9.17) is 9.15 Å². The fraction of sp³-hybridized carbons (Fsp3) is 0.421. The number of aryl methyl sites for hydroxylation is 2. The van der Waals surface area contributed by atoms with Crippen molar-refractivity contribution in [1.82, 2.24) is 10.6 Å². The van der Waals surface area contributed by atoms with Crippen LogP contribution in [0.4, 0.5) is 8.78 Å². The zero-order valence-corrected chi connectivity index (χ0v) is 18.7. The first-order valence-corrected chi connectivity index (χ1v) is 8.64. The number of halogens is 3. The Morgan fingerprint density at radius 1 is 1.18 bits per heavy atom. The molecule has 28 heavy (non-hydrogen) atoms. The Balaban J connectivity index is 0.00000392.